The first kappa shape index (κ1) is 19.9. The first-order valence-electron chi connectivity index (χ1n) is 11.1. The van der Waals surface area contributed by atoms with Crippen LogP contribution in [0.4, 0.5) is 0 Å². The Bertz CT molecular complexity index is 672. The molecule has 0 N–H and O–H groups in total. The molecule has 5 nitrogen and oxygen atoms in total. The average Bonchev–Trinajstić information content (AvgIpc) is 2.90. The molecule has 0 bridgehead atoms. The molecule has 0 spiro atoms. The summed E-state index contributed by atoms with van der Waals surface area (Å²) in [5, 5.41) is 0. The molecule has 0 radical (unpaired) electrons. The smallest absolute Gasteiger partial charge is 0.344 e. The number of esters is 2. The standard InChI is InChI=1S/C23H34O5/c1-14(24)27-13-20(25)28-19-12-18-16-8-7-15-6-4-5-10-22(15,2)17(16)9-11-23(18,3)21(19)26/h15-19H,4-13H2,1-3H3/t15-,16-,17+,18-,19-,22+,23-/m1/s1. The molecule has 4 aliphatic carbocycles. The fourth-order valence-electron chi connectivity index (χ4n) is 7.52. The summed E-state index contributed by atoms with van der Waals surface area (Å²) in [5.41, 5.74) is 0.0566. The molecule has 4 aliphatic rings. The lowest BCUT2D eigenvalue weighted by atomic mass is 9.45. The van der Waals surface area contributed by atoms with Crippen LogP contribution in [0.15, 0.2) is 0 Å². The Morgan fingerprint density at radius 3 is 2.57 bits per heavy atom. The van der Waals surface area contributed by atoms with Gasteiger partial charge in [0.25, 0.3) is 0 Å². The molecule has 0 amide bonds. The van der Waals surface area contributed by atoms with E-state index < -0.39 is 24.6 Å². The zero-order chi connectivity index (χ0) is 20.1. The van der Waals surface area contributed by atoms with Crippen molar-refractivity contribution in [3.63, 3.8) is 0 Å². The number of hydrogen-bond donors (Lipinski definition) is 0. The van der Waals surface area contributed by atoms with Gasteiger partial charge in [-0.1, -0.05) is 26.7 Å². The van der Waals surface area contributed by atoms with Crippen molar-refractivity contribution in [3.8, 4) is 0 Å². The van der Waals surface area contributed by atoms with Crippen LogP contribution in [0, 0.1) is 34.5 Å². The molecule has 7 atom stereocenters. The van der Waals surface area contributed by atoms with Crippen molar-refractivity contribution in [3.05, 3.63) is 0 Å². The molecule has 0 aromatic rings. The minimum absolute atomic E-state index is 0.0862. The lowest BCUT2D eigenvalue weighted by Gasteiger charge is -2.59. The van der Waals surface area contributed by atoms with E-state index in [-0.39, 0.29) is 11.2 Å². The molecule has 0 heterocycles. The molecule has 4 fully saturated rings. The highest BCUT2D eigenvalue weighted by molar-refractivity contribution is 5.93. The Kier molecular flexibility index (Phi) is 5.08. The van der Waals surface area contributed by atoms with Crippen molar-refractivity contribution in [2.45, 2.75) is 84.7 Å². The fourth-order valence-corrected chi connectivity index (χ4v) is 7.52. The predicted molar refractivity (Wildman–Crippen MR) is 103 cm³/mol. The second kappa shape index (κ2) is 7.14. The molecule has 0 unspecified atom stereocenters. The summed E-state index contributed by atoms with van der Waals surface area (Å²) in [4.78, 5) is 36.1. The number of Topliss-reactive ketones (excluding diaryl/α,β-unsaturated/α-hetero) is 1. The summed E-state index contributed by atoms with van der Waals surface area (Å²) in [6.07, 6.45) is 9.93. The Morgan fingerprint density at radius 1 is 1.04 bits per heavy atom. The normalized spacial score (nSPS) is 44.8. The van der Waals surface area contributed by atoms with Gasteiger partial charge in [-0.3, -0.25) is 9.59 Å². The van der Waals surface area contributed by atoms with Crippen molar-refractivity contribution < 1.29 is 23.9 Å². The van der Waals surface area contributed by atoms with E-state index in [1.807, 2.05) is 0 Å². The number of fused-ring (bicyclic) bond motifs is 5. The molecular weight excluding hydrogens is 356 g/mol. The topological polar surface area (TPSA) is 69.7 Å². The molecule has 156 valence electrons. The Labute approximate surface area is 167 Å². The first-order valence-corrected chi connectivity index (χ1v) is 11.1. The fraction of sp³-hybridized carbons (Fsp3) is 0.870. The van der Waals surface area contributed by atoms with Gasteiger partial charge in [-0.25, -0.2) is 4.79 Å². The van der Waals surface area contributed by atoms with E-state index in [0.29, 0.717) is 29.6 Å². The lowest BCUT2D eigenvalue weighted by Crippen LogP contribution is -2.52. The van der Waals surface area contributed by atoms with Gasteiger partial charge in [0.15, 0.2) is 18.5 Å². The Morgan fingerprint density at radius 2 is 1.82 bits per heavy atom. The zero-order valence-electron chi connectivity index (χ0n) is 17.5. The lowest BCUT2D eigenvalue weighted by molar-refractivity contribution is -0.164. The van der Waals surface area contributed by atoms with Gasteiger partial charge >= 0.3 is 11.9 Å². The first-order chi connectivity index (χ1) is 13.3. The largest absolute Gasteiger partial charge is 0.454 e. The predicted octanol–water partition coefficient (Wildman–Crippen LogP) is 4.07. The van der Waals surface area contributed by atoms with E-state index in [1.165, 1.54) is 45.4 Å². The molecule has 0 saturated heterocycles. The van der Waals surface area contributed by atoms with Crippen LogP contribution in [0.3, 0.4) is 0 Å². The van der Waals surface area contributed by atoms with Crippen LogP contribution in [0.2, 0.25) is 0 Å². The maximum atomic E-state index is 13.2. The van der Waals surface area contributed by atoms with Crippen LogP contribution < -0.4 is 0 Å². The van der Waals surface area contributed by atoms with Gasteiger partial charge in [0.1, 0.15) is 0 Å². The number of carbonyl (C=O) groups is 3. The molecule has 0 aliphatic heterocycles. The Hall–Kier alpha value is -1.39. The Balaban J connectivity index is 1.50. The highest BCUT2D eigenvalue weighted by Crippen LogP contribution is 2.65. The van der Waals surface area contributed by atoms with Gasteiger partial charge in [0.05, 0.1) is 0 Å². The summed E-state index contributed by atoms with van der Waals surface area (Å²) in [6.45, 7) is 5.47. The van der Waals surface area contributed by atoms with Gasteiger partial charge in [0.2, 0.25) is 0 Å². The third-order valence-corrected chi connectivity index (χ3v) is 8.96. The molecule has 5 heteroatoms. The SMILES string of the molecule is CC(=O)OCC(=O)O[C@@H]1C[C@@H]2[C@@H]3CC[C@H]4CCCC[C@]4(C)[C@H]3CC[C@@]2(C)C1=O. The van der Waals surface area contributed by atoms with Gasteiger partial charge in [0, 0.05) is 12.3 Å². The van der Waals surface area contributed by atoms with Gasteiger partial charge < -0.3 is 9.47 Å². The summed E-state index contributed by atoms with van der Waals surface area (Å²) >= 11 is 0. The van der Waals surface area contributed by atoms with E-state index in [1.54, 1.807) is 0 Å². The van der Waals surface area contributed by atoms with Crippen LogP contribution in [-0.2, 0) is 23.9 Å². The maximum absolute atomic E-state index is 13.2. The second-order valence-electron chi connectivity index (χ2n) is 10.2. The van der Waals surface area contributed by atoms with Crippen LogP contribution in [0.5, 0.6) is 0 Å². The summed E-state index contributed by atoms with van der Waals surface area (Å²) in [6, 6.07) is 0. The number of ketones is 1. The maximum Gasteiger partial charge on any atom is 0.344 e. The van der Waals surface area contributed by atoms with E-state index in [2.05, 4.69) is 13.8 Å². The minimum atomic E-state index is -0.673. The quantitative estimate of drug-likeness (QED) is 0.679. The molecule has 4 saturated carbocycles. The van der Waals surface area contributed by atoms with E-state index in [9.17, 15) is 14.4 Å². The van der Waals surface area contributed by atoms with E-state index >= 15 is 0 Å². The monoisotopic (exact) mass is 390 g/mol. The van der Waals surface area contributed by atoms with Crippen molar-refractivity contribution >= 4 is 17.7 Å². The average molecular weight is 391 g/mol. The molecule has 0 aromatic heterocycles. The van der Waals surface area contributed by atoms with Gasteiger partial charge in [-0.15, -0.1) is 0 Å². The third kappa shape index (κ3) is 3.09. The van der Waals surface area contributed by atoms with Crippen LogP contribution >= 0.6 is 0 Å². The van der Waals surface area contributed by atoms with Gasteiger partial charge in [-0.05, 0) is 74.0 Å². The highest BCUT2D eigenvalue weighted by atomic mass is 16.6. The molecule has 28 heavy (non-hydrogen) atoms. The number of ether oxygens (including phenoxy) is 2. The minimum Gasteiger partial charge on any atom is -0.454 e. The third-order valence-electron chi connectivity index (χ3n) is 8.96. The van der Waals surface area contributed by atoms with Gasteiger partial charge in [-0.2, -0.15) is 0 Å². The molecular formula is C23H34O5. The summed E-state index contributed by atoms with van der Waals surface area (Å²) in [7, 11) is 0. The number of hydrogen-bond acceptors (Lipinski definition) is 5. The number of carbonyl (C=O) groups excluding carboxylic acids is 3. The summed E-state index contributed by atoms with van der Waals surface area (Å²) in [5.74, 6) is 1.38. The van der Waals surface area contributed by atoms with Crippen molar-refractivity contribution in [2.24, 2.45) is 34.5 Å². The zero-order valence-corrected chi connectivity index (χ0v) is 17.5. The molecule has 0 aromatic carbocycles. The van der Waals surface area contributed by atoms with E-state index in [0.717, 1.165) is 18.8 Å². The van der Waals surface area contributed by atoms with Crippen molar-refractivity contribution in [1.82, 2.24) is 0 Å². The number of rotatable bonds is 3. The second-order valence-corrected chi connectivity index (χ2v) is 10.2. The van der Waals surface area contributed by atoms with Crippen molar-refractivity contribution in [1.29, 1.82) is 0 Å². The molecule has 4 rings (SSSR count). The highest BCUT2D eigenvalue weighted by Gasteiger charge is 2.62. The van der Waals surface area contributed by atoms with Crippen LogP contribution in [0.1, 0.15) is 78.6 Å². The van der Waals surface area contributed by atoms with Crippen LogP contribution in [-0.4, -0.2) is 30.4 Å². The van der Waals surface area contributed by atoms with Crippen molar-refractivity contribution in [2.75, 3.05) is 6.61 Å². The summed E-state index contributed by atoms with van der Waals surface area (Å²) < 4.78 is 10.2. The van der Waals surface area contributed by atoms with Crippen LogP contribution in [0.25, 0.3) is 0 Å². The van der Waals surface area contributed by atoms with E-state index in [4.69, 9.17) is 9.47 Å².